The summed E-state index contributed by atoms with van der Waals surface area (Å²) in [6.07, 6.45) is 4.65. The van der Waals surface area contributed by atoms with Gasteiger partial charge in [0.05, 0.1) is 5.69 Å². The molecule has 0 saturated heterocycles. The van der Waals surface area contributed by atoms with Gasteiger partial charge in [0.1, 0.15) is 5.82 Å². The molecule has 3 nitrogen and oxygen atoms in total. The molecule has 1 fully saturated rings. The van der Waals surface area contributed by atoms with Crippen LogP contribution in [0.25, 0.3) is 0 Å². The van der Waals surface area contributed by atoms with Crippen molar-refractivity contribution in [2.24, 2.45) is 5.73 Å². The molecule has 0 radical (unpaired) electrons. The van der Waals surface area contributed by atoms with Crippen molar-refractivity contribution in [2.75, 3.05) is 0 Å². The van der Waals surface area contributed by atoms with E-state index in [4.69, 9.17) is 5.73 Å². The molecule has 1 heterocycles. The Bertz CT molecular complexity index is 497. The van der Waals surface area contributed by atoms with Crippen LogP contribution in [-0.2, 0) is 13.1 Å². The smallest absolute Gasteiger partial charge is 0.112 e. The Balaban J connectivity index is 1.88. The first-order chi connectivity index (χ1) is 8.36. The zero-order valence-corrected chi connectivity index (χ0v) is 9.84. The van der Waals surface area contributed by atoms with Crippen LogP contribution in [0.2, 0.25) is 0 Å². The fourth-order valence-corrected chi connectivity index (χ4v) is 2.16. The molecular weight excluding hydrogens is 210 g/mol. The van der Waals surface area contributed by atoms with Crippen molar-refractivity contribution in [1.29, 1.82) is 0 Å². The van der Waals surface area contributed by atoms with Gasteiger partial charge < -0.3 is 10.3 Å². The predicted molar refractivity (Wildman–Crippen MR) is 67.6 cm³/mol. The summed E-state index contributed by atoms with van der Waals surface area (Å²) < 4.78 is 2.26. The number of nitrogens with two attached hydrogens (primary N) is 1. The van der Waals surface area contributed by atoms with Crippen LogP contribution in [0.5, 0.6) is 0 Å². The Labute approximate surface area is 101 Å². The van der Waals surface area contributed by atoms with Gasteiger partial charge in [0.2, 0.25) is 0 Å². The normalized spacial score (nSPS) is 15.1. The lowest BCUT2D eigenvalue weighted by Gasteiger charge is -2.06. The molecule has 0 amide bonds. The highest BCUT2D eigenvalue weighted by Gasteiger charge is 2.28. The van der Waals surface area contributed by atoms with E-state index in [9.17, 15) is 0 Å². The molecule has 1 aliphatic carbocycles. The van der Waals surface area contributed by atoms with Crippen molar-refractivity contribution in [3.8, 4) is 0 Å². The first-order valence-electron chi connectivity index (χ1n) is 6.17. The fourth-order valence-electron chi connectivity index (χ4n) is 2.16. The van der Waals surface area contributed by atoms with Gasteiger partial charge in [0.25, 0.3) is 0 Å². The van der Waals surface area contributed by atoms with Crippen molar-refractivity contribution in [3.63, 3.8) is 0 Å². The Kier molecular flexibility index (Phi) is 2.69. The maximum Gasteiger partial charge on any atom is 0.112 e. The zero-order valence-electron chi connectivity index (χ0n) is 9.84. The maximum absolute atomic E-state index is 5.67. The highest BCUT2D eigenvalue weighted by molar-refractivity contribution is 5.19. The highest BCUT2D eigenvalue weighted by atomic mass is 15.1. The Hall–Kier alpha value is -1.61. The molecule has 0 unspecified atom stereocenters. The number of nitrogens with zero attached hydrogens (tertiary/aromatic N) is 2. The van der Waals surface area contributed by atoms with Crippen LogP contribution < -0.4 is 5.73 Å². The van der Waals surface area contributed by atoms with Crippen molar-refractivity contribution in [2.45, 2.75) is 31.8 Å². The highest BCUT2D eigenvalue weighted by Crippen LogP contribution is 2.39. The monoisotopic (exact) mass is 227 g/mol. The number of hydrogen-bond acceptors (Lipinski definition) is 2. The van der Waals surface area contributed by atoms with Crippen molar-refractivity contribution < 1.29 is 0 Å². The number of imidazole rings is 1. The Morgan fingerprint density at radius 3 is 2.65 bits per heavy atom. The average molecular weight is 227 g/mol. The average Bonchev–Trinajstić information content (AvgIpc) is 3.13. The second-order valence-electron chi connectivity index (χ2n) is 4.68. The summed E-state index contributed by atoms with van der Waals surface area (Å²) in [5.41, 5.74) is 7.99. The van der Waals surface area contributed by atoms with Crippen LogP contribution in [0.15, 0.2) is 36.5 Å². The van der Waals surface area contributed by atoms with Gasteiger partial charge in [-0.25, -0.2) is 4.98 Å². The SMILES string of the molecule is NCc1cn(Cc2ccccc2)c(C2CC2)n1. The van der Waals surface area contributed by atoms with Crippen molar-refractivity contribution in [1.82, 2.24) is 9.55 Å². The van der Waals surface area contributed by atoms with E-state index in [2.05, 4.69) is 40.0 Å². The van der Waals surface area contributed by atoms with Gasteiger partial charge in [-0.1, -0.05) is 30.3 Å². The van der Waals surface area contributed by atoms with E-state index in [1.807, 2.05) is 6.07 Å². The molecule has 1 saturated carbocycles. The third-order valence-electron chi connectivity index (χ3n) is 3.20. The third-order valence-corrected chi connectivity index (χ3v) is 3.20. The second-order valence-corrected chi connectivity index (χ2v) is 4.68. The predicted octanol–water partition coefficient (Wildman–Crippen LogP) is 2.27. The van der Waals surface area contributed by atoms with Gasteiger partial charge in [-0.15, -0.1) is 0 Å². The summed E-state index contributed by atoms with van der Waals surface area (Å²) in [4.78, 5) is 4.62. The van der Waals surface area contributed by atoms with Gasteiger partial charge in [-0.2, -0.15) is 0 Å². The molecule has 3 rings (SSSR count). The van der Waals surface area contributed by atoms with Gasteiger partial charge >= 0.3 is 0 Å². The van der Waals surface area contributed by atoms with Crippen LogP contribution in [0.3, 0.4) is 0 Å². The summed E-state index contributed by atoms with van der Waals surface area (Å²) >= 11 is 0. The minimum Gasteiger partial charge on any atom is -0.330 e. The van der Waals surface area contributed by atoms with Gasteiger partial charge in [0, 0.05) is 25.2 Å². The number of hydrogen-bond donors (Lipinski definition) is 1. The summed E-state index contributed by atoms with van der Waals surface area (Å²) in [5, 5.41) is 0. The van der Waals surface area contributed by atoms with Gasteiger partial charge in [0.15, 0.2) is 0 Å². The first-order valence-corrected chi connectivity index (χ1v) is 6.17. The maximum atomic E-state index is 5.67. The van der Waals surface area contributed by atoms with E-state index in [1.54, 1.807) is 0 Å². The minimum absolute atomic E-state index is 0.529. The standard InChI is InChI=1S/C14H17N3/c15-8-13-10-17(14(16-13)12-6-7-12)9-11-4-2-1-3-5-11/h1-5,10,12H,6-9,15H2. The molecule has 0 bridgehead atoms. The van der Waals surface area contributed by atoms with E-state index >= 15 is 0 Å². The third kappa shape index (κ3) is 2.24. The zero-order chi connectivity index (χ0) is 11.7. The van der Waals surface area contributed by atoms with E-state index in [-0.39, 0.29) is 0 Å². The molecule has 2 aromatic rings. The minimum atomic E-state index is 0.529. The summed E-state index contributed by atoms with van der Waals surface area (Å²) in [6, 6.07) is 10.5. The van der Waals surface area contributed by atoms with Crippen LogP contribution in [0.1, 0.15) is 35.8 Å². The van der Waals surface area contributed by atoms with Crippen LogP contribution >= 0.6 is 0 Å². The molecule has 3 heteroatoms. The molecule has 0 spiro atoms. The van der Waals surface area contributed by atoms with Crippen LogP contribution in [0.4, 0.5) is 0 Å². The first kappa shape index (κ1) is 10.5. The molecule has 2 N–H and O–H groups in total. The van der Waals surface area contributed by atoms with Crippen molar-refractivity contribution in [3.05, 3.63) is 53.6 Å². The van der Waals surface area contributed by atoms with Gasteiger partial charge in [-0.3, -0.25) is 0 Å². The lowest BCUT2D eigenvalue weighted by Crippen LogP contribution is -2.02. The summed E-state index contributed by atoms with van der Waals surface area (Å²) in [6.45, 7) is 1.43. The van der Waals surface area contributed by atoms with Crippen molar-refractivity contribution >= 4 is 0 Å². The number of aromatic nitrogens is 2. The molecule has 17 heavy (non-hydrogen) atoms. The molecule has 1 aromatic heterocycles. The van der Waals surface area contributed by atoms with E-state index in [0.717, 1.165) is 12.2 Å². The molecule has 1 aromatic carbocycles. The lowest BCUT2D eigenvalue weighted by molar-refractivity contribution is 0.726. The van der Waals surface area contributed by atoms with E-state index in [1.165, 1.54) is 24.2 Å². The number of benzene rings is 1. The summed E-state index contributed by atoms with van der Waals surface area (Å²) in [7, 11) is 0. The molecular formula is C14H17N3. The molecule has 88 valence electrons. The number of rotatable bonds is 4. The molecule has 0 atom stereocenters. The molecule has 1 aliphatic rings. The fraction of sp³-hybridized carbons (Fsp3) is 0.357. The lowest BCUT2D eigenvalue weighted by atomic mass is 10.2. The topological polar surface area (TPSA) is 43.8 Å². The summed E-state index contributed by atoms with van der Waals surface area (Å²) in [5.74, 6) is 1.88. The van der Waals surface area contributed by atoms with Crippen LogP contribution in [0, 0.1) is 0 Å². The molecule has 0 aliphatic heterocycles. The van der Waals surface area contributed by atoms with Gasteiger partial charge in [-0.05, 0) is 18.4 Å². The van der Waals surface area contributed by atoms with E-state index in [0.29, 0.717) is 12.5 Å². The van der Waals surface area contributed by atoms with Crippen LogP contribution in [-0.4, -0.2) is 9.55 Å². The Morgan fingerprint density at radius 1 is 1.24 bits per heavy atom. The quantitative estimate of drug-likeness (QED) is 0.870. The second kappa shape index (κ2) is 4.34. The van der Waals surface area contributed by atoms with E-state index < -0.39 is 0 Å². The largest absolute Gasteiger partial charge is 0.330 e. The Morgan fingerprint density at radius 2 is 2.00 bits per heavy atom.